The minimum absolute atomic E-state index is 0.0676. The minimum Gasteiger partial charge on any atom is -0.478 e. The van der Waals surface area contributed by atoms with Crippen LogP contribution in [0, 0.1) is 0 Å². The summed E-state index contributed by atoms with van der Waals surface area (Å²) in [5.74, 6) is -1.45. The van der Waals surface area contributed by atoms with Gasteiger partial charge in [-0.3, -0.25) is 9.59 Å². The second kappa shape index (κ2) is 4.72. The maximum absolute atomic E-state index is 11.9. The second-order valence-electron chi connectivity index (χ2n) is 4.59. The first-order valence-electron chi connectivity index (χ1n) is 5.77. The van der Waals surface area contributed by atoms with Crippen molar-refractivity contribution in [1.82, 2.24) is 4.90 Å². The molecule has 0 radical (unpaired) electrons. The van der Waals surface area contributed by atoms with Crippen molar-refractivity contribution >= 4 is 23.5 Å². The summed E-state index contributed by atoms with van der Waals surface area (Å²) in [6.45, 7) is -0.0676. The van der Waals surface area contributed by atoms with Gasteiger partial charge in [0.1, 0.15) is 6.54 Å². The van der Waals surface area contributed by atoms with E-state index in [1.807, 2.05) is 0 Å². The van der Waals surface area contributed by atoms with Crippen LogP contribution in [0.25, 0.3) is 0 Å². The van der Waals surface area contributed by atoms with E-state index in [1.165, 1.54) is 21.9 Å². The van der Waals surface area contributed by atoms with E-state index in [0.29, 0.717) is 5.69 Å². The fourth-order valence-corrected chi connectivity index (χ4v) is 1.94. The number of benzene rings is 1. The van der Waals surface area contributed by atoms with Crippen LogP contribution in [0.2, 0.25) is 0 Å². The van der Waals surface area contributed by atoms with Crippen LogP contribution in [0.3, 0.4) is 0 Å². The number of rotatable bonds is 3. The number of aromatic carboxylic acids is 1. The van der Waals surface area contributed by atoms with Gasteiger partial charge in [0, 0.05) is 19.8 Å². The van der Waals surface area contributed by atoms with Crippen LogP contribution in [0.15, 0.2) is 18.2 Å². The Bertz CT molecular complexity index is 566. The Morgan fingerprint density at radius 3 is 2.63 bits per heavy atom. The summed E-state index contributed by atoms with van der Waals surface area (Å²) in [6, 6.07) is 4.52. The molecule has 1 aromatic rings. The smallest absolute Gasteiger partial charge is 0.335 e. The average Bonchev–Trinajstić information content (AvgIpc) is 2.65. The summed E-state index contributed by atoms with van der Waals surface area (Å²) < 4.78 is 0. The number of carbonyl (C=O) groups excluding carboxylic acids is 2. The number of fused-ring (bicyclic) bond motifs is 1. The Morgan fingerprint density at radius 1 is 1.37 bits per heavy atom. The van der Waals surface area contributed by atoms with Crippen LogP contribution in [-0.2, 0) is 16.0 Å². The molecule has 2 rings (SSSR count). The van der Waals surface area contributed by atoms with Gasteiger partial charge < -0.3 is 14.9 Å². The number of carbonyl (C=O) groups is 3. The van der Waals surface area contributed by atoms with E-state index in [2.05, 4.69) is 0 Å². The molecule has 1 heterocycles. The highest BCUT2D eigenvalue weighted by Gasteiger charge is 2.29. The van der Waals surface area contributed by atoms with Crippen molar-refractivity contribution in [1.29, 1.82) is 0 Å². The lowest BCUT2D eigenvalue weighted by Crippen LogP contribution is -2.38. The van der Waals surface area contributed by atoms with E-state index in [0.717, 1.165) is 5.56 Å². The predicted octanol–water partition coefficient (Wildman–Crippen LogP) is 0.362. The first kappa shape index (κ1) is 13.1. The molecule has 2 amide bonds. The van der Waals surface area contributed by atoms with Gasteiger partial charge in [0.05, 0.1) is 12.0 Å². The Hall–Kier alpha value is -2.37. The number of carboxylic acid groups (broad SMARTS) is 1. The third-order valence-electron chi connectivity index (χ3n) is 3.06. The van der Waals surface area contributed by atoms with E-state index in [1.54, 1.807) is 20.2 Å². The van der Waals surface area contributed by atoms with E-state index in [9.17, 15) is 14.4 Å². The average molecular weight is 262 g/mol. The molecule has 100 valence electrons. The molecule has 1 N–H and O–H groups in total. The van der Waals surface area contributed by atoms with Gasteiger partial charge >= 0.3 is 5.97 Å². The molecule has 0 saturated heterocycles. The Kier molecular flexibility index (Phi) is 3.25. The summed E-state index contributed by atoms with van der Waals surface area (Å²) in [7, 11) is 3.22. The monoisotopic (exact) mass is 262 g/mol. The number of carboxylic acids is 1. The Labute approximate surface area is 110 Å². The third-order valence-corrected chi connectivity index (χ3v) is 3.06. The maximum atomic E-state index is 11.9. The second-order valence-corrected chi connectivity index (χ2v) is 4.59. The lowest BCUT2D eigenvalue weighted by molar-refractivity contribution is -0.129. The number of hydrogen-bond donors (Lipinski definition) is 1. The molecular weight excluding hydrogens is 248 g/mol. The lowest BCUT2D eigenvalue weighted by Gasteiger charge is -2.19. The van der Waals surface area contributed by atoms with Gasteiger partial charge in [0.15, 0.2) is 0 Å². The zero-order valence-corrected chi connectivity index (χ0v) is 10.7. The van der Waals surface area contributed by atoms with Gasteiger partial charge in [-0.15, -0.1) is 0 Å². The molecule has 19 heavy (non-hydrogen) atoms. The summed E-state index contributed by atoms with van der Waals surface area (Å²) in [5.41, 5.74) is 1.37. The SMILES string of the molecule is CN(C)C(=O)CN1C(=O)Cc2ccc(C(=O)O)cc21. The van der Waals surface area contributed by atoms with E-state index >= 15 is 0 Å². The van der Waals surface area contributed by atoms with Crippen LogP contribution in [0.5, 0.6) is 0 Å². The molecule has 0 saturated carbocycles. The van der Waals surface area contributed by atoms with Crippen LogP contribution >= 0.6 is 0 Å². The number of amides is 2. The first-order chi connectivity index (χ1) is 8.90. The van der Waals surface area contributed by atoms with Crippen LogP contribution < -0.4 is 4.90 Å². The highest BCUT2D eigenvalue weighted by atomic mass is 16.4. The maximum Gasteiger partial charge on any atom is 0.335 e. The van der Waals surface area contributed by atoms with Crippen molar-refractivity contribution < 1.29 is 19.5 Å². The molecular formula is C13H14N2O4. The molecule has 0 bridgehead atoms. The van der Waals surface area contributed by atoms with Gasteiger partial charge in [-0.05, 0) is 17.7 Å². The molecule has 1 aliphatic rings. The Morgan fingerprint density at radius 2 is 2.05 bits per heavy atom. The van der Waals surface area contributed by atoms with Crippen molar-refractivity contribution in [2.24, 2.45) is 0 Å². The molecule has 0 aliphatic carbocycles. The van der Waals surface area contributed by atoms with Crippen LogP contribution in [-0.4, -0.2) is 48.4 Å². The molecule has 1 aliphatic heterocycles. The van der Waals surface area contributed by atoms with Gasteiger partial charge in [0.2, 0.25) is 11.8 Å². The molecule has 6 nitrogen and oxygen atoms in total. The number of hydrogen-bond acceptors (Lipinski definition) is 3. The van der Waals surface area contributed by atoms with Crippen molar-refractivity contribution in [3.63, 3.8) is 0 Å². The van der Waals surface area contributed by atoms with E-state index in [4.69, 9.17) is 5.11 Å². The van der Waals surface area contributed by atoms with E-state index < -0.39 is 5.97 Å². The highest BCUT2D eigenvalue weighted by molar-refractivity contribution is 6.06. The molecule has 0 fully saturated rings. The molecule has 0 unspecified atom stereocenters. The molecule has 0 aromatic heterocycles. The lowest BCUT2D eigenvalue weighted by atomic mass is 10.1. The van der Waals surface area contributed by atoms with Gasteiger partial charge in [-0.25, -0.2) is 4.79 Å². The topological polar surface area (TPSA) is 77.9 Å². The molecule has 6 heteroatoms. The normalized spacial score (nSPS) is 13.4. The van der Waals surface area contributed by atoms with Gasteiger partial charge in [-0.2, -0.15) is 0 Å². The van der Waals surface area contributed by atoms with Gasteiger partial charge in [0.25, 0.3) is 0 Å². The number of nitrogens with zero attached hydrogens (tertiary/aromatic N) is 2. The molecule has 1 aromatic carbocycles. The summed E-state index contributed by atoms with van der Waals surface area (Å²) >= 11 is 0. The summed E-state index contributed by atoms with van der Waals surface area (Å²) in [6.07, 6.45) is 0.204. The number of likely N-dealkylation sites (N-methyl/N-ethyl adjacent to an activating group) is 1. The van der Waals surface area contributed by atoms with Crippen LogP contribution in [0.1, 0.15) is 15.9 Å². The first-order valence-corrected chi connectivity index (χ1v) is 5.77. The molecule has 0 spiro atoms. The van der Waals surface area contributed by atoms with Crippen molar-refractivity contribution in [2.45, 2.75) is 6.42 Å². The zero-order valence-electron chi connectivity index (χ0n) is 10.7. The third kappa shape index (κ3) is 2.42. The van der Waals surface area contributed by atoms with Crippen molar-refractivity contribution in [2.75, 3.05) is 25.5 Å². The zero-order chi connectivity index (χ0) is 14.2. The number of anilines is 1. The van der Waals surface area contributed by atoms with Crippen LogP contribution in [0.4, 0.5) is 5.69 Å². The predicted molar refractivity (Wildman–Crippen MR) is 68.2 cm³/mol. The summed E-state index contributed by atoms with van der Waals surface area (Å²) in [4.78, 5) is 37.2. The summed E-state index contributed by atoms with van der Waals surface area (Å²) in [5, 5.41) is 8.96. The standard InChI is InChI=1S/C13H14N2O4/c1-14(2)12(17)7-15-10-5-9(13(18)19)4-3-8(10)6-11(15)16/h3-5H,6-7H2,1-2H3,(H,18,19). The minimum atomic E-state index is -1.05. The van der Waals surface area contributed by atoms with Crippen molar-refractivity contribution in [3.05, 3.63) is 29.3 Å². The fourth-order valence-electron chi connectivity index (χ4n) is 1.94. The van der Waals surface area contributed by atoms with Crippen molar-refractivity contribution in [3.8, 4) is 0 Å². The quantitative estimate of drug-likeness (QED) is 0.853. The highest BCUT2D eigenvalue weighted by Crippen LogP contribution is 2.29. The van der Waals surface area contributed by atoms with Gasteiger partial charge in [-0.1, -0.05) is 6.07 Å². The van der Waals surface area contributed by atoms with E-state index in [-0.39, 0.29) is 30.3 Å². The molecule has 0 atom stereocenters. The Balaban J connectivity index is 2.34. The fraction of sp³-hybridized carbons (Fsp3) is 0.308. The largest absolute Gasteiger partial charge is 0.478 e.